The second kappa shape index (κ2) is 3.08. The van der Waals surface area contributed by atoms with Gasteiger partial charge in [0.15, 0.2) is 6.17 Å². The van der Waals surface area contributed by atoms with Gasteiger partial charge in [0, 0.05) is 10.6 Å². The summed E-state index contributed by atoms with van der Waals surface area (Å²) in [6, 6.07) is 7.53. The lowest BCUT2D eigenvalue weighted by Crippen LogP contribution is -2.24. The first-order valence-corrected chi connectivity index (χ1v) is 3.90. The Bertz CT molecular complexity index is 312. The molecule has 1 aromatic rings. The summed E-state index contributed by atoms with van der Waals surface area (Å²) in [5.74, 6) is 0. The molecule has 1 aromatic carbocycles. The third-order valence-electron chi connectivity index (χ3n) is 1.62. The molecule has 4 nitrogen and oxygen atoms in total. The highest BCUT2D eigenvalue weighted by Crippen LogP contribution is 2.24. The molecule has 2 rings (SSSR count). The molecule has 1 heterocycles. The van der Waals surface area contributed by atoms with Gasteiger partial charge in [0.1, 0.15) is 0 Å². The Morgan fingerprint density at radius 3 is 2.83 bits per heavy atom. The van der Waals surface area contributed by atoms with E-state index in [2.05, 4.69) is 21.3 Å². The van der Waals surface area contributed by atoms with Crippen molar-refractivity contribution in [3.8, 4) is 0 Å². The van der Waals surface area contributed by atoms with E-state index >= 15 is 0 Å². The minimum atomic E-state index is -0.168. The quantitative estimate of drug-likeness (QED) is 0.696. The van der Waals surface area contributed by atoms with Gasteiger partial charge in [0.25, 0.3) is 0 Å². The van der Waals surface area contributed by atoms with E-state index in [4.69, 9.17) is 11.6 Å². The first-order valence-electron chi connectivity index (χ1n) is 3.53. The summed E-state index contributed by atoms with van der Waals surface area (Å²) in [5, 5.41) is 8.16. The van der Waals surface area contributed by atoms with Crippen LogP contribution in [0.4, 0.5) is 0 Å². The number of hydrogen-bond acceptors (Lipinski definition) is 4. The molecule has 62 valence electrons. The molecule has 5 heteroatoms. The summed E-state index contributed by atoms with van der Waals surface area (Å²) in [5.41, 5.74) is 6.32. The molecule has 0 aliphatic carbocycles. The van der Waals surface area contributed by atoms with Crippen LogP contribution in [0.15, 0.2) is 34.6 Å². The van der Waals surface area contributed by atoms with Gasteiger partial charge in [-0.05, 0) is 6.07 Å². The van der Waals surface area contributed by atoms with Crippen LogP contribution in [0.1, 0.15) is 11.7 Å². The van der Waals surface area contributed by atoms with E-state index in [-0.39, 0.29) is 6.17 Å². The Morgan fingerprint density at radius 2 is 2.17 bits per heavy atom. The number of halogens is 1. The van der Waals surface area contributed by atoms with Crippen molar-refractivity contribution in [3.05, 3.63) is 34.9 Å². The van der Waals surface area contributed by atoms with Crippen LogP contribution in [0, 0.1) is 0 Å². The first-order chi connectivity index (χ1) is 5.88. The van der Waals surface area contributed by atoms with Crippen molar-refractivity contribution < 1.29 is 0 Å². The highest BCUT2D eigenvalue weighted by molar-refractivity contribution is 6.31. The van der Waals surface area contributed by atoms with Crippen LogP contribution in [-0.4, -0.2) is 0 Å². The molecule has 0 saturated heterocycles. The smallest absolute Gasteiger partial charge is 0.167 e. The van der Waals surface area contributed by atoms with Crippen molar-refractivity contribution in [2.75, 3.05) is 0 Å². The number of rotatable bonds is 1. The summed E-state index contributed by atoms with van der Waals surface area (Å²) in [6.07, 6.45) is -0.168. The second-order valence-electron chi connectivity index (χ2n) is 2.40. The van der Waals surface area contributed by atoms with Crippen molar-refractivity contribution in [2.24, 2.45) is 10.3 Å². The van der Waals surface area contributed by atoms with Crippen molar-refractivity contribution in [3.63, 3.8) is 0 Å². The number of nitrogens with one attached hydrogen (secondary N) is 2. The highest BCUT2D eigenvalue weighted by atomic mass is 35.5. The van der Waals surface area contributed by atoms with Crippen LogP contribution >= 0.6 is 11.6 Å². The Kier molecular flexibility index (Phi) is 1.93. The van der Waals surface area contributed by atoms with E-state index in [0.717, 1.165) is 5.56 Å². The average molecular weight is 183 g/mol. The number of nitrogens with zero attached hydrogens (tertiary/aromatic N) is 2. The molecule has 0 bridgehead atoms. The monoisotopic (exact) mass is 182 g/mol. The minimum Gasteiger partial charge on any atom is -0.222 e. The van der Waals surface area contributed by atoms with Gasteiger partial charge in [0.2, 0.25) is 0 Å². The molecule has 1 atom stereocenters. The van der Waals surface area contributed by atoms with Crippen LogP contribution in [0.25, 0.3) is 0 Å². The fourth-order valence-electron chi connectivity index (χ4n) is 1.04. The standard InChI is InChI=1S/C7H7ClN4/c8-6-4-2-1-3-5(6)7-9-11-12-10-7/h1-4,7H,(H,9,12)(H,10,11). The maximum atomic E-state index is 5.93. The lowest BCUT2D eigenvalue weighted by molar-refractivity contribution is 0.552. The molecule has 1 aliphatic heterocycles. The van der Waals surface area contributed by atoms with E-state index in [9.17, 15) is 0 Å². The Hall–Kier alpha value is -1.13. The van der Waals surface area contributed by atoms with Gasteiger partial charge in [-0.3, -0.25) is 0 Å². The molecular weight excluding hydrogens is 176 g/mol. The van der Waals surface area contributed by atoms with Gasteiger partial charge in [-0.1, -0.05) is 35.0 Å². The molecule has 0 amide bonds. The molecule has 0 fully saturated rings. The molecule has 1 unspecified atom stereocenters. The zero-order chi connectivity index (χ0) is 8.39. The van der Waals surface area contributed by atoms with Gasteiger partial charge in [0.05, 0.1) is 0 Å². The normalized spacial score (nSPS) is 20.9. The van der Waals surface area contributed by atoms with Crippen molar-refractivity contribution in [1.82, 2.24) is 11.0 Å². The fourth-order valence-corrected chi connectivity index (χ4v) is 1.28. The first kappa shape index (κ1) is 7.52. The van der Waals surface area contributed by atoms with Gasteiger partial charge in [-0.2, -0.15) is 5.43 Å². The third-order valence-corrected chi connectivity index (χ3v) is 1.97. The summed E-state index contributed by atoms with van der Waals surface area (Å²) in [4.78, 5) is 0. The third kappa shape index (κ3) is 1.26. The molecule has 0 spiro atoms. The number of benzene rings is 1. The van der Waals surface area contributed by atoms with E-state index in [0.29, 0.717) is 5.02 Å². The lowest BCUT2D eigenvalue weighted by atomic mass is 10.2. The maximum Gasteiger partial charge on any atom is 0.167 e. The Labute approximate surface area is 74.6 Å². The van der Waals surface area contributed by atoms with Crippen molar-refractivity contribution in [1.29, 1.82) is 0 Å². The van der Waals surface area contributed by atoms with E-state index < -0.39 is 0 Å². The predicted molar refractivity (Wildman–Crippen MR) is 45.3 cm³/mol. The highest BCUT2D eigenvalue weighted by Gasteiger charge is 2.15. The predicted octanol–water partition coefficient (Wildman–Crippen LogP) is 1.81. The molecule has 12 heavy (non-hydrogen) atoms. The number of hydrogen-bond donors (Lipinski definition) is 2. The SMILES string of the molecule is Clc1ccccc1C1N=NNN1. The van der Waals surface area contributed by atoms with E-state index in [1.807, 2.05) is 24.3 Å². The van der Waals surface area contributed by atoms with Crippen molar-refractivity contribution in [2.45, 2.75) is 6.17 Å². The number of hydrazine groups is 1. The van der Waals surface area contributed by atoms with E-state index in [1.54, 1.807) is 0 Å². The fraction of sp³-hybridized carbons (Fsp3) is 0.143. The van der Waals surface area contributed by atoms with Crippen LogP contribution < -0.4 is 11.0 Å². The summed E-state index contributed by atoms with van der Waals surface area (Å²) in [7, 11) is 0. The molecular formula is C7H7ClN4. The summed E-state index contributed by atoms with van der Waals surface area (Å²) in [6.45, 7) is 0. The summed E-state index contributed by atoms with van der Waals surface area (Å²) >= 11 is 5.93. The van der Waals surface area contributed by atoms with Crippen LogP contribution in [-0.2, 0) is 0 Å². The summed E-state index contributed by atoms with van der Waals surface area (Å²) < 4.78 is 0. The lowest BCUT2D eigenvalue weighted by Gasteiger charge is -2.06. The minimum absolute atomic E-state index is 0.168. The Balaban J connectivity index is 2.33. The second-order valence-corrected chi connectivity index (χ2v) is 2.80. The van der Waals surface area contributed by atoms with E-state index in [1.165, 1.54) is 0 Å². The molecule has 0 aromatic heterocycles. The van der Waals surface area contributed by atoms with Gasteiger partial charge >= 0.3 is 0 Å². The molecule has 0 saturated carbocycles. The van der Waals surface area contributed by atoms with Gasteiger partial charge in [-0.15, -0.1) is 5.11 Å². The van der Waals surface area contributed by atoms with Crippen LogP contribution in [0.2, 0.25) is 5.02 Å². The molecule has 0 radical (unpaired) electrons. The van der Waals surface area contributed by atoms with Crippen LogP contribution in [0.5, 0.6) is 0 Å². The zero-order valence-electron chi connectivity index (χ0n) is 6.16. The average Bonchev–Trinajstić information content (AvgIpc) is 2.57. The Morgan fingerprint density at radius 1 is 1.33 bits per heavy atom. The zero-order valence-corrected chi connectivity index (χ0v) is 6.92. The van der Waals surface area contributed by atoms with Crippen LogP contribution in [0.3, 0.4) is 0 Å². The van der Waals surface area contributed by atoms with Gasteiger partial charge in [-0.25, -0.2) is 5.53 Å². The van der Waals surface area contributed by atoms with Crippen molar-refractivity contribution >= 4 is 11.6 Å². The largest absolute Gasteiger partial charge is 0.222 e. The molecule has 1 aliphatic rings. The topological polar surface area (TPSA) is 48.8 Å². The van der Waals surface area contributed by atoms with Gasteiger partial charge < -0.3 is 0 Å². The maximum absolute atomic E-state index is 5.93. The molecule has 2 N–H and O–H groups in total.